The lowest BCUT2D eigenvalue weighted by Gasteiger charge is -2.17. The molecule has 0 fully saturated rings. The van der Waals surface area contributed by atoms with Crippen molar-refractivity contribution in [1.82, 2.24) is 5.48 Å². The van der Waals surface area contributed by atoms with Crippen LogP contribution in [0.25, 0.3) is 0 Å². The summed E-state index contributed by atoms with van der Waals surface area (Å²) in [6.07, 6.45) is 0. The molecule has 1 atom stereocenters. The second kappa shape index (κ2) is 6.02. The predicted octanol–water partition coefficient (Wildman–Crippen LogP) is 3.54. The highest BCUT2D eigenvalue weighted by molar-refractivity contribution is 5.32. The zero-order valence-electron chi connectivity index (χ0n) is 11.0. The molecule has 0 saturated carbocycles. The van der Waals surface area contributed by atoms with E-state index in [4.69, 9.17) is 4.84 Å². The number of benzene rings is 1. The maximum absolute atomic E-state index is 5.46. The van der Waals surface area contributed by atoms with Gasteiger partial charge in [-0.15, -0.1) is 0 Å². The molecule has 0 aromatic heterocycles. The van der Waals surface area contributed by atoms with Gasteiger partial charge in [-0.05, 0) is 37.8 Å². The molecule has 0 amide bonds. The van der Waals surface area contributed by atoms with Crippen LogP contribution < -0.4 is 5.48 Å². The third-order valence-electron chi connectivity index (χ3n) is 2.58. The third kappa shape index (κ3) is 3.95. The van der Waals surface area contributed by atoms with E-state index in [1.807, 2.05) is 0 Å². The zero-order chi connectivity index (χ0) is 12.1. The minimum Gasteiger partial charge on any atom is -0.301 e. The van der Waals surface area contributed by atoms with Gasteiger partial charge in [-0.3, -0.25) is 0 Å². The highest BCUT2D eigenvalue weighted by Crippen LogP contribution is 2.18. The van der Waals surface area contributed by atoms with E-state index >= 15 is 0 Å². The van der Waals surface area contributed by atoms with Gasteiger partial charge in [0.15, 0.2) is 0 Å². The molecule has 90 valence electrons. The Morgan fingerprint density at radius 3 is 2.50 bits per heavy atom. The minimum absolute atomic E-state index is 0.235. The van der Waals surface area contributed by atoms with Crippen molar-refractivity contribution in [2.24, 2.45) is 5.92 Å². The van der Waals surface area contributed by atoms with Gasteiger partial charge in [0.1, 0.15) is 0 Å². The second-order valence-corrected chi connectivity index (χ2v) is 4.90. The molecule has 1 N–H and O–H groups in total. The van der Waals surface area contributed by atoms with Gasteiger partial charge in [0.05, 0.1) is 12.6 Å². The first kappa shape index (κ1) is 13.2. The van der Waals surface area contributed by atoms with Crippen LogP contribution in [0.5, 0.6) is 0 Å². The Bertz CT molecular complexity index is 334. The van der Waals surface area contributed by atoms with Gasteiger partial charge >= 0.3 is 0 Å². The highest BCUT2D eigenvalue weighted by atomic mass is 16.6. The molecule has 0 heterocycles. The summed E-state index contributed by atoms with van der Waals surface area (Å²) in [6, 6.07) is 6.75. The van der Waals surface area contributed by atoms with Crippen LogP contribution in [0.3, 0.4) is 0 Å². The lowest BCUT2D eigenvalue weighted by atomic mass is 10.0. The van der Waals surface area contributed by atoms with Gasteiger partial charge in [-0.1, -0.05) is 37.6 Å². The van der Waals surface area contributed by atoms with Crippen molar-refractivity contribution in [3.8, 4) is 0 Å². The molecule has 1 aromatic carbocycles. The van der Waals surface area contributed by atoms with Gasteiger partial charge in [0.2, 0.25) is 0 Å². The van der Waals surface area contributed by atoms with Crippen LogP contribution in [-0.4, -0.2) is 6.61 Å². The van der Waals surface area contributed by atoms with Crippen LogP contribution in [0.1, 0.15) is 43.5 Å². The van der Waals surface area contributed by atoms with E-state index in [2.05, 4.69) is 58.3 Å². The largest absolute Gasteiger partial charge is 0.301 e. The Hall–Kier alpha value is -0.860. The topological polar surface area (TPSA) is 21.3 Å². The van der Waals surface area contributed by atoms with E-state index in [1.54, 1.807) is 0 Å². The Kier molecular flexibility index (Phi) is 4.97. The van der Waals surface area contributed by atoms with E-state index in [9.17, 15) is 0 Å². The predicted molar refractivity (Wildman–Crippen MR) is 68.3 cm³/mol. The fourth-order valence-corrected chi connectivity index (χ4v) is 1.63. The first-order valence-corrected chi connectivity index (χ1v) is 5.95. The van der Waals surface area contributed by atoms with E-state index in [-0.39, 0.29) is 6.04 Å². The van der Waals surface area contributed by atoms with Crippen LogP contribution in [-0.2, 0) is 4.84 Å². The minimum atomic E-state index is 0.235. The van der Waals surface area contributed by atoms with Gasteiger partial charge in [-0.25, -0.2) is 0 Å². The molecular formula is C14H23NO. The van der Waals surface area contributed by atoms with Crippen molar-refractivity contribution in [3.63, 3.8) is 0 Å². The van der Waals surface area contributed by atoms with Crippen molar-refractivity contribution >= 4 is 0 Å². The van der Waals surface area contributed by atoms with Crippen LogP contribution >= 0.6 is 0 Å². The van der Waals surface area contributed by atoms with Crippen molar-refractivity contribution in [2.75, 3.05) is 6.61 Å². The molecule has 1 unspecified atom stereocenters. The van der Waals surface area contributed by atoms with Crippen molar-refractivity contribution < 1.29 is 4.84 Å². The second-order valence-electron chi connectivity index (χ2n) is 4.90. The summed E-state index contributed by atoms with van der Waals surface area (Å²) in [4.78, 5) is 5.46. The summed E-state index contributed by atoms with van der Waals surface area (Å²) in [5.74, 6) is 0.554. The molecule has 1 rings (SSSR count). The number of aryl methyl sites for hydroxylation is 2. The maximum atomic E-state index is 5.46. The summed E-state index contributed by atoms with van der Waals surface area (Å²) in [5.41, 5.74) is 7.00. The number of rotatable bonds is 5. The molecule has 0 aliphatic carbocycles. The number of hydrogen-bond donors (Lipinski definition) is 1. The molecular weight excluding hydrogens is 198 g/mol. The smallest absolute Gasteiger partial charge is 0.0705 e. The van der Waals surface area contributed by atoms with Crippen LogP contribution in [0.15, 0.2) is 18.2 Å². The number of hydroxylamine groups is 1. The normalized spacial score (nSPS) is 13.1. The molecule has 16 heavy (non-hydrogen) atoms. The van der Waals surface area contributed by atoms with E-state index in [0.29, 0.717) is 5.92 Å². The summed E-state index contributed by atoms with van der Waals surface area (Å²) in [5, 5.41) is 0. The van der Waals surface area contributed by atoms with Crippen LogP contribution in [0.2, 0.25) is 0 Å². The lowest BCUT2D eigenvalue weighted by molar-refractivity contribution is 0.00397. The summed E-state index contributed by atoms with van der Waals surface area (Å²) < 4.78 is 0. The van der Waals surface area contributed by atoms with Gasteiger partial charge < -0.3 is 4.84 Å². The average molecular weight is 221 g/mol. The SMILES string of the molecule is Cc1ccc(C)c(C(C)NOCC(C)C)c1. The van der Waals surface area contributed by atoms with Crippen LogP contribution in [0, 0.1) is 19.8 Å². The highest BCUT2D eigenvalue weighted by Gasteiger charge is 2.08. The number of hydrogen-bond acceptors (Lipinski definition) is 2. The Balaban J connectivity index is 2.58. The van der Waals surface area contributed by atoms with Crippen molar-refractivity contribution in [2.45, 2.75) is 40.7 Å². The number of nitrogens with one attached hydrogen (secondary N) is 1. The molecule has 2 heteroatoms. The first-order chi connectivity index (χ1) is 7.50. The average Bonchev–Trinajstić information content (AvgIpc) is 2.21. The van der Waals surface area contributed by atoms with E-state index < -0.39 is 0 Å². The molecule has 0 bridgehead atoms. The standard InChI is InChI=1S/C14H23NO/c1-10(2)9-16-15-13(5)14-8-11(3)6-7-12(14)4/h6-8,10,13,15H,9H2,1-5H3. The maximum Gasteiger partial charge on any atom is 0.0705 e. The summed E-state index contributed by atoms with van der Waals surface area (Å²) in [6.45, 7) is 11.4. The Morgan fingerprint density at radius 1 is 1.19 bits per heavy atom. The molecule has 0 radical (unpaired) electrons. The quantitative estimate of drug-likeness (QED) is 0.768. The molecule has 0 saturated heterocycles. The van der Waals surface area contributed by atoms with Gasteiger partial charge in [0.25, 0.3) is 0 Å². The first-order valence-electron chi connectivity index (χ1n) is 5.95. The molecule has 0 spiro atoms. The molecule has 0 aliphatic heterocycles. The van der Waals surface area contributed by atoms with E-state index in [0.717, 1.165) is 6.61 Å². The monoisotopic (exact) mass is 221 g/mol. The van der Waals surface area contributed by atoms with Gasteiger partial charge in [-0.2, -0.15) is 5.48 Å². The summed E-state index contributed by atoms with van der Waals surface area (Å²) in [7, 11) is 0. The Morgan fingerprint density at radius 2 is 1.88 bits per heavy atom. The molecule has 0 aliphatic rings. The van der Waals surface area contributed by atoms with E-state index in [1.165, 1.54) is 16.7 Å². The lowest BCUT2D eigenvalue weighted by Crippen LogP contribution is -2.22. The van der Waals surface area contributed by atoms with Crippen molar-refractivity contribution in [1.29, 1.82) is 0 Å². The molecule has 2 nitrogen and oxygen atoms in total. The Labute approximate surface area is 99.0 Å². The summed E-state index contributed by atoms with van der Waals surface area (Å²) >= 11 is 0. The third-order valence-corrected chi connectivity index (χ3v) is 2.58. The zero-order valence-corrected chi connectivity index (χ0v) is 11.0. The fraction of sp³-hybridized carbons (Fsp3) is 0.571. The fourth-order valence-electron chi connectivity index (χ4n) is 1.63. The molecule has 1 aromatic rings. The van der Waals surface area contributed by atoms with Gasteiger partial charge in [0, 0.05) is 0 Å². The van der Waals surface area contributed by atoms with Crippen LogP contribution in [0.4, 0.5) is 0 Å². The van der Waals surface area contributed by atoms with Crippen molar-refractivity contribution in [3.05, 3.63) is 34.9 Å².